The Kier molecular flexibility index (Phi) is 6.18. The summed E-state index contributed by atoms with van der Waals surface area (Å²) in [7, 11) is 0. The Hall–Kier alpha value is -3.84. The second-order valence-electron chi connectivity index (χ2n) is 8.23. The normalized spacial score (nSPS) is 14.9. The third-order valence-electron chi connectivity index (χ3n) is 5.71. The van der Waals surface area contributed by atoms with Gasteiger partial charge in [-0.1, -0.05) is 90.1 Å². The molecule has 6 nitrogen and oxygen atoms in total. The summed E-state index contributed by atoms with van der Waals surface area (Å²) in [4.78, 5) is 18.2. The van der Waals surface area contributed by atoms with Crippen LogP contribution >= 0.6 is 11.8 Å². The van der Waals surface area contributed by atoms with Gasteiger partial charge in [0.1, 0.15) is 6.04 Å². The van der Waals surface area contributed by atoms with Crippen molar-refractivity contribution in [3.63, 3.8) is 0 Å². The number of aryl methyl sites for hydroxylation is 1. The Balaban J connectivity index is 1.46. The highest BCUT2D eigenvalue weighted by molar-refractivity contribution is 7.98. The zero-order valence-corrected chi connectivity index (χ0v) is 19.8. The third kappa shape index (κ3) is 4.61. The summed E-state index contributed by atoms with van der Waals surface area (Å²) in [5.74, 6) is 1.24. The molecule has 1 aliphatic heterocycles. The summed E-state index contributed by atoms with van der Waals surface area (Å²) >= 11 is 1.58. The molecule has 0 aliphatic carbocycles. The van der Waals surface area contributed by atoms with Crippen molar-refractivity contribution < 1.29 is 4.79 Å². The summed E-state index contributed by atoms with van der Waals surface area (Å²) in [6.45, 7) is 3.99. The van der Waals surface area contributed by atoms with E-state index in [9.17, 15) is 4.79 Å². The largest absolute Gasteiger partial charge is 0.328 e. The van der Waals surface area contributed by atoms with Crippen LogP contribution in [0.4, 0.5) is 11.6 Å². The smallest absolute Gasteiger partial charge is 0.255 e. The third-order valence-corrected chi connectivity index (χ3v) is 6.62. The number of allylic oxidation sites excluding steroid dienone is 1. The number of carbonyl (C=O) groups is 1. The van der Waals surface area contributed by atoms with Gasteiger partial charge in [-0.05, 0) is 37.1 Å². The second kappa shape index (κ2) is 9.57. The van der Waals surface area contributed by atoms with E-state index in [4.69, 9.17) is 10.1 Å². The Bertz CT molecular complexity index is 1330. The van der Waals surface area contributed by atoms with Crippen LogP contribution in [0.1, 0.15) is 29.7 Å². The molecule has 170 valence electrons. The van der Waals surface area contributed by atoms with E-state index in [-0.39, 0.29) is 11.9 Å². The van der Waals surface area contributed by atoms with Crippen molar-refractivity contribution in [2.45, 2.75) is 30.8 Å². The number of thioether (sulfide) groups is 1. The zero-order chi connectivity index (χ0) is 23.5. The maximum Gasteiger partial charge on any atom is 0.255 e. The number of nitrogens with zero attached hydrogens (tertiary/aromatic N) is 3. The van der Waals surface area contributed by atoms with Crippen molar-refractivity contribution in [1.82, 2.24) is 14.8 Å². The van der Waals surface area contributed by atoms with Gasteiger partial charge in [-0.25, -0.2) is 4.68 Å². The van der Waals surface area contributed by atoms with Crippen molar-refractivity contribution in [3.8, 4) is 0 Å². The molecule has 2 heterocycles. The first kappa shape index (κ1) is 22.0. The van der Waals surface area contributed by atoms with Crippen molar-refractivity contribution in [1.29, 1.82) is 0 Å². The van der Waals surface area contributed by atoms with Gasteiger partial charge in [-0.2, -0.15) is 4.98 Å². The van der Waals surface area contributed by atoms with E-state index in [0.29, 0.717) is 16.7 Å². The van der Waals surface area contributed by atoms with Gasteiger partial charge in [0.15, 0.2) is 0 Å². The molecule has 1 atom stereocenters. The number of anilines is 2. The lowest BCUT2D eigenvalue weighted by molar-refractivity contribution is -0.113. The summed E-state index contributed by atoms with van der Waals surface area (Å²) in [6, 6.07) is 27.5. The van der Waals surface area contributed by atoms with Gasteiger partial charge in [-0.3, -0.25) is 4.79 Å². The van der Waals surface area contributed by atoms with Crippen molar-refractivity contribution in [2.24, 2.45) is 0 Å². The monoisotopic (exact) mass is 467 g/mol. The van der Waals surface area contributed by atoms with E-state index >= 15 is 0 Å². The number of rotatable bonds is 6. The van der Waals surface area contributed by atoms with Crippen molar-refractivity contribution in [2.75, 3.05) is 10.6 Å². The highest BCUT2D eigenvalue weighted by atomic mass is 32.2. The van der Waals surface area contributed by atoms with Gasteiger partial charge in [-0.15, -0.1) is 5.10 Å². The minimum absolute atomic E-state index is 0.167. The minimum Gasteiger partial charge on any atom is -0.328 e. The number of hydrogen-bond donors (Lipinski definition) is 2. The fourth-order valence-electron chi connectivity index (χ4n) is 3.98. The summed E-state index contributed by atoms with van der Waals surface area (Å²) in [6.07, 6.45) is 0. The molecule has 0 saturated carbocycles. The lowest BCUT2D eigenvalue weighted by atomic mass is 9.95. The van der Waals surface area contributed by atoms with Crippen LogP contribution in [0.15, 0.2) is 101 Å². The molecule has 1 aliphatic rings. The molecule has 1 amide bonds. The van der Waals surface area contributed by atoms with Gasteiger partial charge in [0, 0.05) is 17.1 Å². The van der Waals surface area contributed by atoms with Gasteiger partial charge in [0.25, 0.3) is 5.91 Å². The van der Waals surface area contributed by atoms with Crippen LogP contribution in [0.2, 0.25) is 0 Å². The zero-order valence-electron chi connectivity index (χ0n) is 19.0. The first-order chi connectivity index (χ1) is 16.6. The number of para-hydroxylation sites is 1. The standard InChI is InChI=1S/C27H25N5OS/c1-18-13-15-20(16-14-18)17-34-27-30-26-28-19(2)23(25(33)29-22-11-7-4-8-12-22)24(32(26)31-27)21-9-5-3-6-10-21/h3-16,24H,17H2,1-2H3,(H,29,33)(H,28,30,31). The predicted molar refractivity (Wildman–Crippen MR) is 137 cm³/mol. The maximum atomic E-state index is 13.4. The van der Waals surface area contributed by atoms with Gasteiger partial charge >= 0.3 is 0 Å². The van der Waals surface area contributed by atoms with Crippen LogP contribution in [0.3, 0.4) is 0 Å². The molecule has 0 bridgehead atoms. The van der Waals surface area contributed by atoms with Gasteiger partial charge in [0.05, 0.1) is 5.57 Å². The molecule has 0 saturated heterocycles. The van der Waals surface area contributed by atoms with E-state index in [2.05, 4.69) is 41.8 Å². The second-order valence-corrected chi connectivity index (χ2v) is 9.18. The van der Waals surface area contributed by atoms with E-state index in [0.717, 1.165) is 22.7 Å². The van der Waals surface area contributed by atoms with Gasteiger partial charge < -0.3 is 10.6 Å². The number of carbonyl (C=O) groups excluding carboxylic acids is 1. The molecule has 5 rings (SSSR count). The highest BCUT2D eigenvalue weighted by Crippen LogP contribution is 2.37. The van der Waals surface area contributed by atoms with Gasteiger partial charge in [0.2, 0.25) is 11.1 Å². The molecule has 0 fully saturated rings. The number of hydrogen-bond acceptors (Lipinski definition) is 5. The first-order valence-corrected chi connectivity index (χ1v) is 12.1. The Morgan fingerprint density at radius 1 is 0.971 bits per heavy atom. The molecule has 1 aromatic heterocycles. The first-order valence-electron chi connectivity index (χ1n) is 11.1. The molecule has 7 heteroatoms. The lowest BCUT2D eigenvalue weighted by Crippen LogP contribution is -2.31. The topological polar surface area (TPSA) is 71.8 Å². The number of amides is 1. The van der Waals surface area contributed by atoms with E-state index in [1.807, 2.05) is 72.3 Å². The lowest BCUT2D eigenvalue weighted by Gasteiger charge is -2.28. The SMILES string of the molecule is CC1=C(C(=O)Nc2ccccc2)C(c2ccccc2)n2nc(SCc3ccc(C)cc3)nc2N1. The Labute approximate surface area is 203 Å². The van der Waals surface area contributed by atoms with Crippen LogP contribution in [-0.4, -0.2) is 20.7 Å². The Morgan fingerprint density at radius 2 is 1.65 bits per heavy atom. The van der Waals surface area contributed by atoms with Crippen LogP contribution < -0.4 is 10.6 Å². The molecular weight excluding hydrogens is 442 g/mol. The number of benzene rings is 3. The van der Waals surface area contributed by atoms with E-state index in [1.54, 1.807) is 11.8 Å². The average Bonchev–Trinajstić information content (AvgIpc) is 3.26. The molecule has 3 aromatic carbocycles. The Morgan fingerprint density at radius 3 is 2.35 bits per heavy atom. The van der Waals surface area contributed by atoms with Crippen LogP contribution in [-0.2, 0) is 10.5 Å². The summed E-state index contributed by atoms with van der Waals surface area (Å²) < 4.78 is 1.82. The van der Waals surface area contributed by atoms with Crippen molar-refractivity contribution in [3.05, 3.63) is 113 Å². The molecule has 0 spiro atoms. The quantitative estimate of drug-likeness (QED) is 0.350. The summed E-state index contributed by atoms with van der Waals surface area (Å²) in [5, 5.41) is 11.8. The fraction of sp³-hybridized carbons (Fsp3) is 0.148. The number of fused-ring (bicyclic) bond motifs is 1. The molecular formula is C27H25N5OS. The number of aromatic nitrogens is 3. The molecule has 0 radical (unpaired) electrons. The average molecular weight is 468 g/mol. The molecule has 2 N–H and O–H groups in total. The van der Waals surface area contributed by atoms with E-state index < -0.39 is 0 Å². The van der Waals surface area contributed by atoms with E-state index in [1.165, 1.54) is 11.1 Å². The predicted octanol–water partition coefficient (Wildman–Crippen LogP) is 5.81. The van der Waals surface area contributed by atoms with Crippen molar-refractivity contribution >= 4 is 29.3 Å². The minimum atomic E-state index is -0.387. The van der Waals surface area contributed by atoms with Crippen LogP contribution in [0.5, 0.6) is 0 Å². The summed E-state index contributed by atoms with van der Waals surface area (Å²) in [5.41, 5.74) is 5.55. The van der Waals surface area contributed by atoms with Crippen LogP contribution in [0.25, 0.3) is 0 Å². The fourth-order valence-corrected chi connectivity index (χ4v) is 4.77. The van der Waals surface area contributed by atoms with Crippen LogP contribution in [0, 0.1) is 6.92 Å². The molecule has 4 aromatic rings. The maximum absolute atomic E-state index is 13.4. The number of nitrogens with one attached hydrogen (secondary N) is 2. The molecule has 34 heavy (non-hydrogen) atoms. The molecule has 1 unspecified atom stereocenters. The highest BCUT2D eigenvalue weighted by Gasteiger charge is 2.34.